The summed E-state index contributed by atoms with van der Waals surface area (Å²) in [5, 5.41) is 0.458. The van der Waals surface area contributed by atoms with Gasteiger partial charge in [0.25, 0.3) is 0 Å². The highest BCUT2D eigenvalue weighted by atomic mass is 35.5. The van der Waals surface area contributed by atoms with Gasteiger partial charge < -0.3 is 0 Å². The lowest BCUT2D eigenvalue weighted by molar-refractivity contribution is 0.603. The third-order valence-electron chi connectivity index (χ3n) is 2.38. The third kappa shape index (κ3) is 2.01. The first kappa shape index (κ1) is 12.0. The second-order valence-corrected chi connectivity index (χ2v) is 7.12. The van der Waals surface area contributed by atoms with Crippen molar-refractivity contribution in [2.45, 2.75) is 11.8 Å². The second-order valence-electron chi connectivity index (χ2n) is 3.43. The molecule has 0 amide bonds. The van der Waals surface area contributed by atoms with Gasteiger partial charge in [0.1, 0.15) is 0 Å². The van der Waals surface area contributed by atoms with Crippen molar-refractivity contribution in [1.29, 1.82) is 0 Å². The Morgan fingerprint density at radius 3 is 2.81 bits per heavy atom. The summed E-state index contributed by atoms with van der Waals surface area (Å²) < 4.78 is 24.2. The topological polar surface area (TPSA) is 34.1 Å². The van der Waals surface area contributed by atoms with Crippen LogP contribution in [0.15, 0.2) is 28.0 Å². The van der Waals surface area contributed by atoms with E-state index in [0.29, 0.717) is 20.6 Å². The Bertz CT molecular complexity index is 547. The average Bonchev–Trinajstić information content (AvgIpc) is 2.48. The molecule has 1 aromatic carbocycles. The van der Waals surface area contributed by atoms with E-state index in [9.17, 15) is 8.42 Å². The summed E-state index contributed by atoms with van der Waals surface area (Å²) in [7, 11) is -3.29. The molecule has 0 aliphatic carbocycles. The fraction of sp³-hybridized carbons (Fsp3) is 0.273. The van der Waals surface area contributed by atoms with Gasteiger partial charge in [-0.1, -0.05) is 24.6 Å². The fourth-order valence-corrected chi connectivity index (χ4v) is 4.45. The van der Waals surface area contributed by atoms with Gasteiger partial charge in [0.2, 0.25) is 9.84 Å². The molecule has 1 heterocycles. The van der Waals surface area contributed by atoms with Crippen LogP contribution in [0.25, 0.3) is 6.08 Å². The van der Waals surface area contributed by atoms with Crippen molar-refractivity contribution in [3.05, 3.63) is 33.7 Å². The molecule has 0 N–H and O–H groups in total. The zero-order valence-electron chi connectivity index (χ0n) is 8.73. The van der Waals surface area contributed by atoms with Crippen LogP contribution in [0.1, 0.15) is 12.5 Å². The van der Waals surface area contributed by atoms with E-state index in [4.69, 9.17) is 11.6 Å². The maximum Gasteiger partial charge on any atom is 0.204 e. The van der Waals surface area contributed by atoms with Crippen LogP contribution in [0, 0.1) is 0 Å². The van der Waals surface area contributed by atoms with E-state index >= 15 is 0 Å². The summed E-state index contributed by atoms with van der Waals surface area (Å²) in [4.78, 5) is 0.823. The SMILES string of the molecule is CCSCC1=Cc2ccc(Cl)cc2S1(=O)=O. The predicted molar refractivity (Wildman–Crippen MR) is 69.6 cm³/mol. The molecule has 0 saturated heterocycles. The maximum absolute atomic E-state index is 12.1. The molecule has 16 heavy (non-hydrogen) atoms. The first-order valence-corrected chi connectivity index (χ1v) is 7.90. The van der Waals surface area contributed by atoms with Crippen LogP contribution in [0.4, 0.5) is 0 Å². The molecular weight excluding hydrogens is 264 g/mol. The minimum atomic E-state index is -3.29. The summed E-state index contributed by atoms with van der Waals surface area (Å²) in [6, 6.07) is 4.98. The molecule has 86 valence electrons. The van der Waals surface area contributed by atoms with Crippen LogP contribution in [0.2, 0.25) is 5.02 Å². The molecule has 0 fully saturated rings. The van der Waals surface area contributed by atoms with Gasteiger partial charge in [-0.15, -0.1) is 0 Å². The van der Waals surface area contributed by atoms with Crippen molar-refractivity contribution in [3.8, 4) is 0 Å². The van der Waals surface area contributed by atoms with E-state index in [0.717, 1.165) is 11.3 Å². The molecule has 0 saturated carbocycles. The molecular formula is C11H11ClO2S2. The number of fused-ring (bicyclic) bond motifs is 1. The number of rotatable bonds is 3. The van der Waals surface area contributed by atoms with Crippen molar-refractivity contribution >= 4 is 39.3 Å². The number of hydrogen-bond acceptors (Lipinski definition) is 3. The van der Waals surface area contributed by atoms with Gasteiger partial charge in [-0.3, -0.25) is 0 Å². The van der Waals surface area contributed by atoms with Crippen molar-refractivity contribution in [2.24, 2.45) is 0 Å². The summed E-state index contributed by atoms with van der Waals surface area (Å²) in [6.07, 6.45) is 1.74. The smallest absolute Gasteiger partial charge is 0.204 e. The molecule has 0 atom stereocenters. The van der Waals surface area contributed by atoms with Gasteiger partial charge in [0, 0.05) is 10.8 Å². The molecule has 0 spiro atoms. The average molecular weight is 275 g/mol. The largest absolute Gasteiger partial charge is 0.219 e. The van der Waals surface area contributed by atoms with Crippen LogP contribution < -0.4 is 0 Å². The molecule has 0 bridgehead atoms. The third-order valence-corrected chi connectivity index (χ3v) is 5.60. The van der Waals surface area contributed by atoms with Crippen molar-refractivity contribution in [3.63, 3.8) is 0 Å². The quantitative estimate of drug-likeness (QED) is 0.849. The number of benzene rings is 1. The Morgan fingerprint density at radius 2 is 2.12 bits per heavy atom. The number of thioether (sulfide) groups is 1. The lowest BCUT2D eigenvalue weighted by atomic mass is 10.2. The number of halogens is 1. The van der Waals surface area contributed by atoms with E-state index in [-0.39, 0.29) is 0 Å². The first-order valence-electron chi connectivity index (χ1n) is 4.88. The second kappa shape index (κ2) is 4.43. The summed E-state index contributed by atoms with van der Waals surface area (Å²) in [6.45, 7) is 2.01. The Morgan fingerprint density at radius 1 is 1.38 bits per heavy atom. The molecule has 1 aliphatic rings. The van der Waals surface area contributed by atoms with E-state index in [1.54, 1.807) is 30.0 Å². The van der Waals surface area contributed by atoms with E-state index in [2.05, 4.69) is 0 Å². The van der Waals surface area contributed by atoms with Gasteiger partial charge in [-0.05, 0) is 29.5 Å². The fourth-order valence-electron chi connectivity index (χ4n) is 1.57. The molecule has 0 unspecified atom stereocenters. The lowest BCUT2D eigenvalue weighted by Crippen LogP contribution is -2.02. The van der Waals surface area contributed by atoms with Gasteiger partial charge >= 0.3 is 0 Å². The standard InChI is InChI=1S/C11H11ClO2S2/c1-2-15-7-10-5-8-3-4-9(12)6-11(8)16(10,13)14/h3-6H,2,7H2,1H3. The summed E-state index contributed by atoms with van der Waals surface area (Å²) >= 11 is 7.41. The number of sulfone groups is 1. The zero-order chi connectivity index (χ0) is 11.8. The van der Waals surface area contributed by atoms with Gasteiger partial charge in [0.15, 0.2) is 0 Å². The van der Waals surface area contributed by atoms with Gasteiger partial charge in [0.05, 0.1) is 9.80 Å². The molecule has 2 rings (SSSR count). The van der Waals surface area contributed by atoms with E-state index in [1.807, 2.05) is 6.92 Å². The molecule has 0 aromatic heterocycles. The Balaban J connectivity index is 2.44. The molecule has 2 nitrogen and oxygen atoms in total. The highest BCUT2D eigenvalue weighted by Gasteiger charge is 2.29. The highest BCUT2D eigenvalue weighted by Crippen LogP contribution is 2.35. The molecule has 5 heteroatoms. The predicted octanol–water partition coefficient (Wildman–Crippen LogP) is 3.22. The van der Waals surface area contributed by atoms with Crippen LogP contribution in [0.5, 0.6) is 0 Å². The normalized spacial score (nSPS) is 17.0. The Labute approximate surface area is 105 Å². The monoisotopic (exact) mass is 274 g/mol. The van der Waals surface area contributed by atoms with Crippen molar-refractivity contribution < 1.29 is 8.42 Å². The molecule has 1 aliphatic heterocycles. The Hall–Kier alpha value is -0.450. The minimum Gasteiger partial charge on any atom is -0.219 e. The summed E-state index contributed by atoms with van der Waals surface area (Å²) in [5.74, 6) is 1.44. The van der Waals surface area contributed by atoms with E-state index in [1.165, 1.54) is 6.07 Å². The van der Waals surface area contributed by atoms with Crippen LogP contribution in [-0.2, 0) is 9.84 Å². The zero-order valence-corrected chi connectivity index (χ0v) is 11.1. The number of hydrogen-bond donors (Lipinski definition) is 0. The summed E-state index contributed by atoms with van der Waals surface area (Å²) in [5.41, 5.74) is 0.746. The van der Waals surface area contributed by atoms with Crippen LogP contribution in [-0.4, -0.2) is 19.9 Å². The van der Waals surface area contributed by atoms with Crippen LogP contribution >= 0.6 is 23.4 Å². The molecule has 1 aromatic rings. The maximum atomic E-state index is 12.1. The van der Waals surface area contributed by atoms with Crippen molar-refractivity contribution in [2.75, 3.05) is 11.5 Å². The van der Waals surface area contributed by atoms with Crippen LogP contribution in [0.3, 0.4) is 0 Å². The first-order chi connectivity index (χ1) is 7.55. The highest BCUT2D eigenvalue weighted by molar-refractivity contribution is 8.02. The lowest BCUT2D eigenvalue weighted by Gasteiger charge is -2.02. The van der Waals surface area contributed by atoms with Gasteiger partial charge in [-0.25, -0.2) is 8.42 Å². The van der Waals surface area contributed by atoms with Crippen molar-refractivity contribution in [1.82, 2.24) is 0 Å². The molecule has 0 radical (unpaired) electrons. The Kier molecular flexibility index (Phi) is 3.33. The minimum absolute atomic E-state index is 0.340. The van der Waals surface area contributed by atoms with Gasteiger partial charge in [-0.2, -0.15) is 11.8 Å². The van der Waals surface area contributed by atoms with E-state index < -0.39 is 9.84 Å².